The molecule has 0 heterocycles. The van der Waals surface area contributed by atoms with Crippen molar-refractivity contribution >= 4 is 10.1 Å². The summed E-state index contributed by atoms with van der Waals surface area (Å²) < 4.78 is 39.4. The van der Waals surface area contributed by atoms with Gasteiger partial charge >= 0.3 is 0 Å². The van der Waals surface area contributed by atoms with E-state index in [1.54, 1.807) is 14.2 Å². The van der Waals surface area contributed by atoms with Gasteiger partial charge in [0.15, 0.2) is 11.5 Å². The average Bonchev–Trinajstić information content (AvgIpc) is 2.69. The van der Waals surface area contributed by atoms with Crippen LogP contribution in [0, 0.1) is 0 Å². The Kier molecular flexibility index (Phi) is 5.69. The van der Waals surface area contributed by atoms with Gasteiger partial charge in [0, 0.05) is 11.5 Å². The number of para-hydroxylation sites is 1. The number of methoxy groups -OCH3 is 2. The topological polar surface area (TPSA) is 61.8 Å². The normalized spacial score (nSPS) is 22.9. The van der Waals surface area contributed by atoms with E-state index in [2.05, 4.69) is 0 Å². The summed E-state index contributed by atoms with van der Waals surface area (Å²) in [7, 11) is -0.290. The molecule has 1 aromatic carbocycles. The van der Waals surface area contributed by atoms with E-state index in [0.717, 1.165) is 43.9 Å². The van der Waals surface area contributed by atoms with Gasteiger partial charge in [-0.2, -0.15) is 8.42 Å². The lowest BCUT2D eigenvalue weighted by atomic mass is 9.88. The van der Waals surface area contributed by atoms with Crippen LogP contribution in [0.2, 0.25) is 0 Å². The molecule has 22 heavy (non-hydrogen) atoms. The fourth-order valence-corrected chi connectivity index (χ4v) is 3.85. The second-order valence-corrected chi connectivity index (χ2v) is 7.27. The van der Waals surface area contributed by atoms with Crippen molar-refractivity contribution in [2.45, 2.75) is 44.1 Å². The van der Waals surface area contributed by atoms with Gasteiger partial charge in [-0.1, -0.05) is 31.4 Å². The standard InChI is InChI=1S/C16H24O5S/c1-19-15-11-7-9-13(16(15)20-2)12-8-5-4-6-10-14(12)21-22(3,17)18/h7,9,11-12,14H,4-6,8,10H2,1-3H3. The van der Waals surface area contributed by atoms with Crippen LogP contribution in [0.5, 0.6) is 11.5 Å². The van der Waals surface area contributed by atoms with Crippen LogP contribution in [0.4, 0.5) is 0 Å². The van der Waals surface area contributed by atoms with Gasteiger partial charge in [-0.05, 0) is 18.9 Å². The average molecular weight is 328 g/mol. The van der Waals surface area contributed by atoms with Gasteiger partial charge in [0.1, 0.15) is 0 Å². The van der Waals surface area contributed by atoms with E-state index < -0.39 is 10.1 Å². The number of benzene rings is 1. The number of rotatable bonds is 5. The zero-order chi connectivity index (χ0) is 16.2. The summed E-state index contributed by atoms with van der Waals surface area (Å²) in [5, 5.41) is 0. The maximum Gasteiger partial charge on any atom is 0.264 e. The molecule has 6 heteroatoms. The van der Waals surface area contributed by atoms with E-state index >= 15 is 0 Å². The van der Waals surface area contributed by atoms with Crippen molar-refractivity contribution < 1.29 is 22.1 Å². The minimum absolute atomic E-state index is 0.0118. The van der Waals surface area contributed by atoms with Crippen molar-refractivity contribution in [1.82, 2.24) is 0 Å². The summed E-state index contributed by atoms with van der Waals surface area (Å²) in [6, 6.07) is 5.71. The highest BCUT2D eigenvalue weighted by Crippen LogP contribution is 2.42. The monoisotopic (exact) mass is 328 g/mol. The van der Waals surface area contributed by atoms with Crippen LogP contribution in [0.15, 0.2) is 18.2 Å². The SMILES string of the molecule is COc1cccc(C2CCCCCC2OS(C)(=O)=O)c1OC. The third-order valence-corrected chi connectivity index (χ3v) is 4.68. The van der Waals surface area contributed by atoms with Gasteiger partial charge in [-0.15, -0.1) is 0 Å². The number of hydrogen-bond donors (Lipinski definition) is 0. The Bertz CT molecular complexity index is 597. The van der Waals surface area contributed by atoms with Crippen LogP contribution >= 0.6 is 0 Å². The summed E-state index contributed by atoms with van der Waals surface area (Å²) in [4.78, 5) is 0. The number of hydrogen-bond acceptors (Lipinski definition) is 5. The van der Waals surface area contributed by atoms with Crippen molar-refractivity contribution in [2.75, 3.05) is 20.5 Å². The number of ether oxygens (including phenoxy) is 2. The van der Waals surface area contributed by atoms with Crippen LogP contribution < -0.4 is 9.47 Å². The van der Waals surface area contributed by atoms with Crippen LogP contribution in [-0.2, 0) is 14.3 Å². The Balaban J connectivity index is 2.41. The van der Waals surface area contributed by atoms with Crippen molar-refractivity contribution in [3.8, 4) is 11.5 Å². The Hall–Kier alpha value is -1.27. The molecule has 0 amide bonds. The lowest BCUT2D eigenvalue weighted by Gasteiger charge is -2.26. The summed E-state index contributed by atoms with van der Waals surface area (Å²) in [5.74, 6) is 1.31. The Morgan fingerprint density at radius 1 is 1.05 bits per heavy atom. The molecule has 0 spiro atoms. The largest absolute Gasteiger partial charge is 0.493 e. The summed E-state index contributed by atoms with van der Waals surface area (Å²) >= 11 is 0. The van der Waals surface area contributed by atoms with E-state index in [0.29, 0.717) is 11.5 Å². The first kappa shape index (κ1) is 17.1. The third kappa shape index (κ3) is 4.14. The van der Waals surface area contributed by atoms with Crippen molar-refractivity contribution in [3.63, 3.8) is 0 Å². The minimum atomic E-state index is -3.49. The van der Waals surface area contributed by atoms with Gasteiger partial charge in [0.2, 0.25) is 0 Å². The molecule has 0 aromatic heterocycles. The molecule has 5 nitrogen and oxygen atoms in total. The first-order chi connectivity index (χ1) is 10.5. The van der Waals surface area contributed by atoms with E-state index in [1.165, 1.54) is 0 Å². The van der Waals surface area contributed by atoms with Crippen molar-refractivity contribution in [2.24, 2.45) is 0 Å². The maximum atomic E-state index is 11.6. The Morgan fingerprint density at radius 2 is 1.77 bits per heavy atom. The van der Waals surface area contributed by atoms with E-state index in [4.69, 9.17) is 13.7 Å². The molecule has 0 bridgehead atoms. The summed E-state index contributed by atoms with van der Waals surface area (Å²) in [6.45, 7) is 0. The molecular formula is C16H24O5S. The summed E-state index contributed by atoms with van der Waals surface area (Å²) in [6.07, 6.45) is 5.49. The molecule has 0 radical (unpaired) electrons. The molecule has 1 aliphatic rings. The molecule has 2 unspecified atom stereocenters. The van der Waals surface area contributed by atoms with E-state index in [9.17, 15) is 8.42 Å². The first-order valence-electron chi connectivity index (χ1n) is 7.55. The Labute approximate surface area is 132 Å². The first-order valence-corrected chi connectivity index (χ1v) is 9.37. The molecule has 0 saturated heterocycles. The van der Waals surface area contributed by atoms with Crippen molar-refractivity contribution in [3.05, 3.63) is 23.8 Å². The predicted molar refractivity (Wildman–Crippen MR) is 85.1 cm³/mol. The molecular weight excluding hydrogens is 304 g/mol. The molecule has 2 atom stereocenters. The highest BCUT2D eigenvalue weighted by molar-refractivity contribution is 7.86. The summed E-state index contributed by atoms with van der Waals surface area (Å²) in [5.41, 5.74) is 0.956. The zero-order valence-corrected chi connectivity index (χ0v) is 14.2. The fourth-order valence-electron chi connectivity index (χ4n) is 3.17. The van der Waals surface area contributed by atoms with Gasteiger partial charge in [0.05, 0.1) is 26.6 Å². The highest BCUT2D eigenvalue weighted by Gasteiger charge is 2.31. The van der Waals surface area contributed by atoms with E-state index in [1.807, 2.05) is 18.2 Å². The lowest BCUT2D eigenvalue weighted by molar-refractivity contribution is 0.168. The van der Waals surface area contributed by atoms with Gasteiger partial charge in [-0.25, -0.2) is 0 Å². The van der Waals surface area contributed by atoms with Gasteiger partial charge in [0.25, 0.3) is 10.1 Å². The van der Waals surface area contributed by atoms with Crippen LogP contribution in [0.1, 0.15) is 43.6 Å². The van der Waals surface area contributed by atoms with Crippen LogP contribution in [0.3, 0.4) is 0 Å². The van der Waals surface area contributed by atoms with Crippen molar-refractivity contribution in [1.29, 1.82) is 0 Å². The van der Waals surface area contributed by atoms with Gasteiger partial charge < -0.3 is 9.47 Å². The molecule has 0 N–H and O–H groups in total. The molecule has 1 aliphatic carbocycles. The highest BCUT2D eigenvalue weighted by atomic mass is 32.2. The van der Waals surface area contributed by atoms with E-state index in [-0.39, 0.29) is 12.0 Å². The second-order valence-electron chi connectivity index (χ2n) is 5.67. The zero-order valence-electron chi connectivity index (χ0n) is 13.4. The predicted octanol–water partition coefficient (Wildman–Crippen LogP) is 3.10. The third-order valence-electron chi connectivity index (χ3n) is 4.08. The molecule has 1 saturated carbocycles. The molecule has 1 aromatic rings. The maximum absolute atomic E-state index is 11.6. The smallest absolute Gasteiger partial charge is 0.264 e. The van der Waals surface area contributed by atoms with Crippen LogP contribution in [0.25, 0.3) is 0 Å². The fraction of sp³-hybridized carbons (Fsp3) is 0.625. The minimum Gasteiger partial charge on any atom is -0.493 e. The van der Waals surface area contributed by atoms with Crippen LogP contribution in [-0.4, -0.2) is 35.0 Å². The molecule has 2 rings (SSSR count). The Morgan fingerprint density at radius 3 is 2.41 bits per heavy atom. The molecule has 0 aliphatic heterocycles. The molecule has 1 fully saturated rings. The lowest BCUT2D eigenvalue weighted by Crippen LogP contribution is -2.24. The second kappa shape index (κ2) is 7.33. The quantitative estimate of drug-likeness (QED) is 0.614. The molecule has 124 valence electrons. The van der Waals surface area contributed by atoms with Gasteiger partial charge in [-0.3, -0.25) is 4.18 Å².